The first kappa shape index (κ1) is 18.5. The van der Waals surface area contributed by atoms with Crippen molar-refractivity contribution in [1.29, 1.82) is 0 Å². The lowest BCUT2D eigenvalue weighted by molar-refractivity contribution is -0.384. The molecule has 0 bridgehead atoms. The number of hydrogen-bond donors (Lipinski definition) is 1. The summed E-state index contributed by atoms with van der Waals surface area (Å²) in [7, 11) is 0. The average molecular weight is 413 g/mol. The fourth-order valence-electron chi connectivity index (χ4n) is 3.49. The van der Waals surface area contributed by atoms with Crippen molar-refractivity contribution < 1.29 is 4.92 Å². The summed E-state index contributed by atoms with van der Waals surface area (Å²) in [6.07, 6.45) is 2.04. The number of anilines is 1. The average Bonchev–Trinajstić information content (AvgIpc) is 3.16. The predicted molar refractivity (Wildman–Crippen MR) is 114 cm³/mol. The number of benzene rings is 2. The van der Waals surface area contributed by atoms with Gasteiger partial charge in [-0.15, -0.1) is 0 Å². The van der Waals surface area contributed by atoms with E-state index >= 15 is 0 Å². The van der Waals surface area contributed by atoms with Crippen LogP contribution in [0.1, 0.15) is 17.3 Å². The largest absolute Gasteiger partial charge is 0.348 e. The van der Waals surface area contributed by atoms with E-state index in [4.69, 9.17) is 23.8 Å². The van der Waals surface area contributed by atoms with Crippen molar-refractivity contribution in [3.05, 3.63) is 93.3 Å². The van der Waals surface area contributed by atoms with E-state index in [2.05, 4.69) is 20.9 Å². The maximum absolute atomic E-state index is 11.0. The first-order chi connectivity index (χ1) is 13.5. The lowest BCUT2D eigenvalue weighted by Gasteiger charge is -2.39. The van der Waals surface area contributed by atoms with Crippen molar-refractivity contribution in [2.45, 2.75) is 12.6 Å². The second-order valence-electron chi connectivity index (χ2n) is 6.51. The van der Waals surface area contributed by atoms with Gasteiger partial charge in [0.25, 0.3) is 5.69 Å². The van der Waals surface area contributed by atoms with Crippen LogP contribution in [0.2, 0.25) is 5.02 Å². The minimum atomic E-state index is -0.392. The Morgan fingerprint density at radius 1 is 1.14 bits per heavy atom. The van der Waals surface area contributed by atoms with Crippen LogP contribution in [0.4, 0.5) is 11.4 Å². The smallest absolute Gasteiger partial charge is 0.269 e. The summed E-state index contributed by atoms with van der Waals surface area (Å²) in [4.78, 5) is 12.7. The number of nitrogens with one attached hydrogen (secondary N) is 1. The summed E-state index contributed by atoms with van der Waals surface area (Å²) < 4.78 is 2.19. The molecule has 0 fully saturated rings. The molecule has 2 heterocycles. The van der Waals surface area contributed by atoms with Crippen molar-refractivity contribution in [3.8, 4) is 0 Å². The van der Waals surface area contributed by atoms with Crippen molar-refractivity contribution in [1.82, 2.24) is 9.47 Å². The maximum atomic E-state index is 11.0. The van der Waals surface area contributed by atoms with Gasteiger partial charge in [0, 0.05) is 47.8 Å². The number of aromatic nitrogens is 1. The molecule has 0 aliphatic carbocycles. The standard InChI is InChI=1S/C20H17ClN4O2S/c21-15-3-1-4-16(13-15)22-20(28)24-12-11-23-10-2-5-18(23)19(24)14-6-8-17(9-7-14)25(26)27/h1-10,13,19H,11-12H2,(H,22,28). The van der Waals surface area contributed by atoms with E-state index in [0.717, 1.165) is 30.0 Å². The Labute approximate surface area is 172 Å². The SMILES string of the molecule is O=[N+]([O-])c1ccc(C2c3cccn3CCN2C(=S)Nc2cccc(Cl)c2)cc1. The Morgan fingerprint density at radius 2 is 1.93 bits per heavy atom. The van der Waals surface area contributed by atoms with Gasteiger partial charge in [-0.25, -0.2) is 0 Å². The molecule has 0 amide bonds. The normalized spacial score (nSPS) is 15.8. The highest BCUT2D eigenvalue weighted by Gasteiger charge is 2.30. The molecule has 0 spiro atoms. The molecule has 0 saturated carbocycles. The molecule has 2 aromatic carbocycles. The Balaban J connectivity index is 1.67. The molecular weight excluding hydrogens is 396 g/mol. The monoisotopic (exact) mass is 412 g/mol. The lowest BCUT2D eigenvalue weighted by Crippen LogP contribution is -2.44. The third-order valence-electron chi connectivity index (χ3n) is 4.79. The zero-order valence-corrected chi connectivity index (χ0v) is 16.4. The Morgan fingerprint density at radius 3 is 2.64 bits per heavy atom. The fraction of sp³-hybridized carbons (Fsp3) is 0.150. The molecule has 1 atom stereocenters. The number of nitro groups is 1. The van der Waals surface area contributed by atoms with Crippen molar-refractivity contribution >= 4 is 40.3 Å². The Hall–Kier alpha value is -2.90. The predicted octanol–water partition coefficient (Wildman–Crippen LogP) is 4.85. The summed E-state index contributed by atoms with van der Waals surface area (Å²) in [5, 5.41) is 15.5. The van der Waals surface area contributed by atoms with Crippen LogP contribution in [0.5, 0.6) is 0 Å². The number of hydrogen-bond acceptors (Lipinski definition) is 3. The van der Waals surface area contributed by atoms with E-state index in [1.807, 2.05) is 36.5 Å². The molecule has 1 unspecified atom stereocenters. The Kier molecular flexibility index (Phi) is 5.02. The second kappa shape index (κ2) is 7.61. The Bertz CT molecular complexity index is 1030. The van der Waals surface area contributed by atoms with Crippen LogP contribution in [-0.2, 0) is 6.54 Å². The molecule has 0 radical (unpaired) electrons. The minimum absolute atomic E-state index is 0.0705. The molecule has 1 N–H and O–H groups in total. The van der Waals surface area contributed by atoms with Gasteiger partial charge in [0.05, 0.1) is 11.0 Å². The number of fused-ring (bicyclic) bond motifs is 1. The molecule has 1 aliphatic heterocycles. The van der Waals surface area contributed by atoms with Gasteiger partial charge in [0.2, 0.25) is 0 Å². The van der Waals surface area contributed by atoms with Crippen LogP contribution < -0.4 is 5.32 Å². The topological polar surface area (TPSA) is 63.3 Å². The van der Waals surface area contributed by atoms with Crippen LogP contribution in [0.15, 0.2) is 66.9 Å². The van der Waals surface area contributed by atoms with Gasteiger partial charge >= 0.3 is 0 Å². The van der Waals surface area contributed by atoms with Crippen molar-refractivity contribution in [2.75, 3.05) is 11.9 Å². The number of non-ortho nitro benzene ring substituents is 1. The fourth-order valence-corrected chi connectivity index (χ4v) is 4.00. The first-order valence-corrected chi connectivity index (χ1v) is 9.54. The van der Waals surface area contributed by atoms with Crippen LogP contribution in [0.3, 0.4) is 0 Å². The van der Waals surface area contributed by atoms with Gasteiger partial charge in [-0.2, -0.15) is 0 Å². The molecule has 4 rings (SSSR count). The molecule has 8 heteroatoms. The van der Waals surface area contributed by atoms with Crippen LogP contribution in [0.25, 0.3) is 0 Å². The zero-order chi connectivity index (χ0) is 19.7. The summed E-state index contributed by atoms with van der Waals surface area (Å²) in [6.45, 7) is 1.53. The quantitative estimate of drug-likeness (QED) is 0.378. The molecule has 0 saturated heterocycles. The van der Waals surface area contributed by atoms with Crippen molar-refractivity contribution in [3.63, 3.8) is 0 Å². The molecular formula is C20H17ClN4O2S. The van der Waals surface area contributed by atoms with E-state index in [0.29, 0.717) is 10.1 Å². The molecule has 1 aromatic heterocycles. The van der Waals surface area contributed by atoms with Gasteiger partial charge in [0.15, 0.2) is 5.11 Å². The summed E-state index contributed by atoms with van der Waals surface area (Å²) in [5.41, 5.74) is 2.93. The van der Waals surface area contributed by atoms with Gasteiger partial charge in [-0.1, -0.05) is 17.7 Å². The highest BCUT2D eigenvalue weighted by Crippen LogP contribution is 2.34. The second-order valence-corrected chi connectivity index (χ2v) is 7.33. The summed E-state index contributed by atoms with van der Waals surface area (Å²) >= 11 is 11.8. The maximum Gasteiger partial charge on any atom is 0.269 e. The zero-order valence-electron chi connectivity index (χ0n) is 14.8. The van der Waals surface area contributed by atoms with E-state index < -0.39 is 4.92 Å². The van der Waals surface area contributed by atoms with E-state index in [1.165, 1.54) is 12.1 Å². The first-order valence-electron chi connectivity index (χ1n) is 8.75. The number of nitro benzene ring substituents is 1. The van der Waals surface area contributed by atoms with Crippen LogP contribution in [-0.4, -0.2) is 26.0 Å². The lowest BCUT2D eigenvalue weighted by atomic mass is 10.00. The number of halogens is 1. The highest BCUT2D eigenvalue weighted by atomic mass is 35.5. The van der Waals surface area contributed by atoms with Gasteiger partial charge < -0.3 is 14.8 Å². The molecule has 6 nitrogen and oxygen atoms in total. The molecule has 3 aromatic rings. The number of rotatable bonds is 3. The molecule has 1 aliphatic rings. The van der Waals surface area contributed by atoms with Crippen LogP contribution in [0, 0.1) is 10.1 Å². The van der Waals surface area contributed by atoms with Gasteiger partial charge in [-0.05, 0) is 60.2 Å². The van der Waals surface area contributed by atoms with Gasteiger partial charge in [-0.3, -0.25) is 10.1 Å². The highest BCUT2D eigenvalue weighted by molar-refractivity contribution is 7.80. The third-order valence-corrected chi connectivity index (χ3v) is 5.37. The minimum Gasteiger partial charge on any atom is -0.348 e. The molecule has 142 valence electrons. The van der Waals surface area contributed by atoms with E-state index in [1.54, 1.807) is 12.1 Å². The number of nitrogens with zero attached hydrogens (tertiary/aromatic N) is 3. The van der Waals surface area contributed by atoms with Gasteiger partial charge in [0.1, 0.15) is 0 Å². The van der Waals surface area contributed by atoms with E-state index in [9.17, 15) is 10.1 Å². The van der Waals surface area contributed by atoms with E-state index in [-0.39, 0.29) is 11.7 Å². The summed E-state index contributed by atoms with van der Waals surface area (Å²) in [6, 6.07) is 18.0. The third kappa shape index (κ3) is 3.58. The van der Waals surface area contributed by atoms with Crippen molar-refractivity contribution in [2.24, 2.45) is 0 Å². The van der Waals surface area contributed by atoms with Crippen LogP contribution >= 0.6 is 23.8 Å². The number of thiocarbonyl (C=S) groups is 1. The summed E-state index contributed by atoms with van der Waals surface area (Å²) in [5.74, 6) is 0. The molecule has 28 heavy (non-hydrogen) atoms.